The van der Waals surface area contributed by atoms with Gasteiger partial charge in [0.25, 0.3) is 5.56 Å². The quantitative estimate of drug-likeness (QED) is 0.588. The van der Waals surface area contributed by atoms with Crippen molar-refractivity contribution >= 4 is 17.5 Å². The van der Waals surface area contributed by atoms with Crippen molar-refractivity contribution in [3.63, 3.8) is 0 Å². The number of benzene rings is 2. The lowest BCUT2D eigenvalue weighted by atomic mass is 10.1. The first-order chi connectivity index (χ1) is 14.5. The fourth-order valence-corrected chi connectivity index (χ4v) is 3.49. The van der Waals surface area contributed by atoms with Crippen LogP contribution in [0.25, 0.3) is 11.4 Å². The Kier molecular flexibility index (Phi) is 7.41. The summed E-state index contributed by atoms with van der Waals surface area (Å²) in [5, 5.41) is 3.54. The van der Waals surface area contributed by atoms with Crippen molar-refractivity contribution in [3.05, 3.63) is 87.3 Å². The summed E-state index contributed by atoms with van der Waals surface area (Å²) < 4.78 is 1.41. The second-order valence-electron chi connectivity index (χ2n) is 7.35. The molecule has 0 bridgehead atoms. The number of aryl methyl sites for hydroxylation is 2. The Morgan fingerprint density at radius 1 is 1.13 bits per heavy atom. The number of carbonyl (C=O) groups excluding carboxylic acids is 1. The summed E-state index contributed by atoms with van der Waals surface area (Å²) in [6.07, 6.45) is 2.33. The Labute approximate surface area is 181 Å². The molecule has 2 aromatic carbocycles. The van der Waals surface area contributed by atoms with Crippen LogP contribution in [-0.4, -0.2) is 21.5 Å². The molecule has 0 spiro atoms. The van der Waals surface area contributed by atoms with Crippen molar-refractivity contribution in [2.45, 2.75) is 45.7 Å². The molecule has 1 atom stereocenters. The summed E-state index contributed by atoms with van der Waals surface area (Å²) >= 11 is 6.13. The van der Waals surface area contributed by atoms with Crippen LogP contribution < -0.4 is 10.9 Å². The number of rotatable bonds is 8. The molecule has 30 heavy (non-hydrogen) atoms. The van der Waals surface area contributed by atoms with Gasteiger partial charge in [-0.15, -0.1) is 0 Å². The Bertz CT molecular complexity index is 1060. The van der Waals surface area contributed by atoms with Crippen molar-refractivity contribution < 1.29 is 4.79 Å². The number of hydrogen-bond acceptors (Lipinski definition) is 3. The van der Waals surface area contributed by atoms with Gasteiger partial charge < -0.3 is 5.32 Å². The zero-order valence-corrected chi connectivity index (χ0v) is 18.0. The fourth-order valence-electron chi connectivity index (χ4n) is 3.30. The first-order valence-corrected chi connectivity index (χ1v) is 10.5. The predicted octanol–water partition coefficient (Wildman–Crippen LogP) is 4.26. The van der Waals surface area contributed by atoms with E-state index in [0.29, 0.717) is 28.5 Å². The molecule has 0 unspecified atom stereocenters. The topological polar surface area (TPSA) is 64.0 Å². The Hall–Kier alpha value is -2.92. The van der Waals surface area contributed by atoms with Gasteiger partial charge in [-0.05, 0) is 43.9 Å². The highest BCUT2D eigenvalue weighted by molar-refractivity contribution is 6.30. The molecule has 0 radical (unpaired) electrons. The SMILES string of the molecule is CCc1cc(=O)n(CC(=O)N[C@@H](C)CCc2ccccc2)c(-c2cccc(Cl)c2)n1. The molecule has 156 valence electrons. The molecule has 3 aromatic rings. The molecule has 1 N–H and O–H groups in total. The molecule has 1 heterocycles. The average Bonchev–Trinajstić information content (AvgIpc) is 2.74. The Morgan fingerprint density at radius 3 is 2.60 bits per heavy atom. The van der Waals surface area contributed by atoms with Crippen LogP contribution in [0.5, 0.6) is 0 Å². The third-order valence-electron chi connectivity index (χ3n) is 4.92. The Balaban J connectivity index is 1.75. The second kappa shape index (κ2) is 10.2. The van der Waals surface area contributed by atoms with Crippen LogP contribution in [0.15, 0.2) is 65.5 Å². The van der Waals surface area contributed by atoms with E-state index in [4.69, 9.17) is 11.6 Å². The molecular formula is C24H26ClN3O2. The number of halogens is 1. The maximum Gasteiger partial charge on any atom is 0.254 e. The minimum absolute atomic E-state index is 0.00842. The molecular weight excluding hydrogens is 398 g/mol. The van der Waals surface area contributed by atoms with Crippen molar-refractivity contribution in [1.82, 2.24) is 14.9 Å². The van der Waals surface area contributed by atoms with E-state index in [-0.39, 0.29) is 24.1 Å². The summed E-state index contributed by atoms with van der Waals surface area (Å²) in [4.78, 5) is 30.0. The van der Waals surface area contributed by atoms with Gasteiger partial charge in [0.2, 0.25) is 5.91 Å². The number of nitrogens with one attached hydrogen (secondary N) is 1. The van der Waals surface area contributed by atoms with Gasteiger partial charge in [-0.3, -0.25) is 14.2 Å². The molecule has 0 saturated heterocycles. The molecule has 0 aliphatic rings. The molecule has 0 fully saturated rings. The van der Waals surface area contributed by atoms with Crippen LogP contribution in [0.1, 0.15) is 31.5 Å². The van der Waals surface area contributed by atoms with Gasteiger partial charge in [0, 0.05) is 28.4 Å². The van der Waals surface area contributed by atoms with E-state index in [0.717, 1.165) is 12.8 Å². The maximum atomic E-state index is 12.7. The van der Waals surface area contributed by atoms with Gasteiger partial charge in [-0.2, -0.15) is 0 Å². The molecule has 0 aliphatic carbocycles. The van der Waals surface area contributed by atoms with E-state index in [1.165, 1.54) is 16.2 Å². The van der Waals surface area contributed by atoms with E-state index in [9.17, 15) is 9.59 Å². The number of nitrogens with zero attached hydrogens (tertiary/aromatic N) is 2. The van der Waals surface area contributed by atoms with Crippen molar-refractivity contribution in [2.24, 2.45) is 0 Å². The third-order valence-corrected chi connectivity index (χ3v) is 5.16. The van der Waals surface area contributed by atoms with Gasteiger partial charge >= 0.3 is 0 Å². The van der Waals surface area contributed by atoms with E-state index < -0.39 is 0 Å². The zero-order chi connectivity index (χ0) is 21.5. The van der Waals surface area contributed by atoms with Crippen molar-refractivity contribution in [2.75, 3.05) is 0 Å². The second-order valence-corrected chi connectivity index (χ2v) is 7.79. The summed E-state index contributed by atoms with van der Waals surface area (Å²) in [5.41, 5.74) is 2.38. The predicted molar refractivity (Wildman–Crippen MR) is 121 cm³/mol. The highest BCUT2D eigenvalue weighted by Gasteiger charge is 2.15. The van der Waals surface area contributed by atoms with Gasteiger partial charge in [-0.25, -0.2) is 4.98 Å². The minimum Gasteiger partial charge on any atom is -0.352 e. The first-order valence-electron chi connectivity index (χ1n) is 10.2. The number of aromatic nitrogens is 2. The average molecular weight is 424 g/mol. The minimum atomic E-state index is -0.246. The molecule has 5 nitrogen and oxygen atoms in total. The van der Waals surface area contributed by atoms with Crippen LogP contribution in [0.3, 0.4) is 0 Å². The maximum absolute atomic E-state index is 12.7. The van der Waals surface area contributed by atoms with Gasteiger partial charge in [0.1, 0.15) is 12.4 Å². The van der Waals surface area contributed by atoms with Crippen LogP contribution in [0.2, 0.25) is 5.02 Å². The first kappa shape index (κ1) is 21.8. The van der Waals surface area contributed by atoms with Crippen LogP contribution in [0.4, 0.5) is 0 Å². The Morgan fingerprint density at radius 2 is 1.90 bits per heavy atom. The number of amides is 1. The monoisotopic (exact) mass is 423 g/mol. The fraction of sp³-hybridized carbons (Fsp3) is 0.292. The molecule has 1 amide bonds. The molecule has 1 aromatic heterocycles. The van der Waals surface area contributed by atoms with Gasteiger partial charge in [0.05, 0.1) is 0 Å². The van der Waals surface area contributed by atoms with Crippen molar-refractivity contribution in [3.8, 4) is 11.4 Å². The molecule has 0 saturated carbocycles. The van der Waals surface area contributed by atoms with E-state index in [2.05, 4.69) is 22.4 Å². The van der Waals surface area contributed by atoms with Gasteiger partial charge in [0.15, 0.2) is 0 Å². The highest BCUT2D eigenvalue weighted by Crippen LogP contribution is 2.20. The summed E-state index contributed by atoms with van der Waals surface area (Å²) in [7, 11) is 0. The lowest BCUT2D eigenvalue weighted by Crippen LogP contribution is -2.38. The van der Waals surface area contributed by atoms with Crippen LogP contribution in [0, 0.1) is 0 Å². The van der Waals surface area contributed by atoms with E-state index in [1.807, 2.05) is 38.1 Å². The standard InChI is InChI=1S/C24H26ClN3O2/c1-3-21-15-23(30)28(24(27-21)19-10-7-11-20(25)14-19)16-22(29)26-17(2)12-13-18-8-5-4-6-9-18/h4-11,14-15,17H,3,12-13,16H2,1-2H3,(H,26,29)/t17-/m0/s1. The highest BCUT2D eigenvalue weighted by atomic mass is 35.5. The smallest absolute Gasteiger partial charge is 0.254 e. The normalized spacial score (nSPS) is 11.8. The molecule has 6 heteroatoms. The summed E-state index contributed by atoms with van der Waals surface area (Å²) in [5.74, 6) is 0.237. The lowest BCUT2D eigenvalue weighted by molar-refractivity contribution is -0.122. The molecule has 0 aliphatic heterocycles. The zero-order valence-electron chi connectivity index (χ0n) is 17.3. The molecule has 3 rings (SSSR count). The largest absolute Gasteiger partial charge is 0.352 e. The number of carbonyl (C=O) groups is 1. The van der Waals surface area contributed by atoms with Crippen molar-refractivity contribution in [1.29, 1.82) is 0 Å². The number of hydrogen-bond donors (Lipinski definition) is 1. The van der Waals surface area contributed by atoms with Gasteiger partial charge in [-0.1, -0.05) is 61.0 Å². The van der Waals surface area contributed by atoms with Crippen LogP contribution >= 0.6 is 11.6 Å². The van der Waals surface area contributed by atoms with E-state index >= 15 is 0 Å². The lowest BCUT2D eigenvalue weighted by Gasteiger charge is -2.17. The van der Waals surface area contributed by atoms with Crippen LogP contribution in [-0.2, 0) is 24.2 Å². The van der Waals surface area contributed by atoms with E-state index in [1.54, 1.807) is 18.2 Å². The third kappa shape index (κ3) is 5.80. The summed E-state index contributed by atoms with van der Waals surface area (Å²) in [6, 6.07) is 18.8. The summed E-state index contributed by atoms with van der Waals surface area (Å²) in [6.45, 7) is 3.82.